The lowest BCUT2D eigenvalue weighted by atomic mass is 9.87. The number of halogens is 6. The number of hydrogen-bond donors (Lipinski definition) is 0. The summed E-state index contributed by atoms with van der Waals surface area (Å²) < 4.78 is 87.4. The van der Waals surface area contributed by atoms with Crippen LogP contribution in [0.1, 0.15) is 37.5 Å². The molecule has 0 N–H and O–H groups in total. The Kier molecular flexibility index (Phi) is 8.33. The van der Waals surface area contributed by atoms with E-state index in [1.54, 1.807) is 12.1 Å². The summed E-state index contributed by atoms with van der Waals surface area (Å²) in [5.41, 5.74) is 0.0313. The number of anilines is 1. The van der Waals surface area contributed by atoms with Gasteiger partial charge in [0.2, 0.25) is 0 Å². The lowest BCUT2D eigenvalue weighted by Crippen LogP contribution is -2.37. The first-order valence-corrected chi connectivity index (χ1v) is 11.6. The van der Waals surface area contributed by atoms with Gasteiger partial charge < -0.3 is 9.47 Å². The fraction of sp³-hybridized carbons (Fsp3) is 0.286. The van der Waals surface area contributed by atoms with E-state index in [-0.39, 0.29) is 28.8 Å². The van der Waals surface area contributed by atoms with Crippen molar-refractivity contribution >= 4 is 17.6 Å². The van der Waals surface area contributed by atoms with E-state index in [2.05, 4.69) is 9.47 Å². The van der Waals surface area contributed by atoms with Gasteiger partial charge in [0.05, 0.1) is 19.2 Å². The van der Waals surface area contributed by atoms with Gasteiger partial charge in [-0.15, -0.1) is 13.2 Å². The van der Waals surface area contributed by atoms with Gasteiger partial charge in [-0.05, 0) is 58.0 Å². The fourth-order valence-electron chi connectivity index (χ4n) is 3.72. The van der Waals surface area contributed by atoms with E-state index in [4.69, 9.17) is 0 Å². The van der Waals surface area contributed by atoms with E-state index >= 15 is 0 Å². The second kappa shape index (κ2) is 11.0. The Hall–Kier alpha value is -4.02. The molecule has 39 heavy (non-hydrogen) atoms. The zero-order valence-electron chi connectivity index (χ0n) is 21.4. The number of methoxy groups -OCH3 is 1. The molecule has 0 radical (unpaired) electrons. The van der Waals surface area contributed by atoms with Crippen LogP contribution in [0.2, 0.25) is 0 Å². The molecule has 0 heterocycles. The largest absolute Gasteiger partial charge is 0.573 e. The van der Waals surface area contributed by atoms with E-state index in [0.29, 0.717) is 5.56 Å². The first-order valence-electron chi connectivity index (χ1n) is 11.6. The smallest absolute Gasteiger partial charge is 0.462 e. The van der Waals surface area contributed by atoms with E-state index in [1.165, 1.54) is 6.07 Å². The van der Waals surface area contributed by atoms with Crippen LogP contribution in [0.3, 0.4) is 0 Å². The van der Waals surface area contributed by atoms with E-state index in [9.17, 15) is 35.9 Å². The number of amides is 1. The van der Waals surface area contributed by atoms with Crippen LogP contribution in [-0.4, -0.2) is 25.3 Å². The molecule has 11 heteroatoms. The SMILES string of the molecule is COC(=O)C(=O)N(Cc1ccc(C(C)(C)C)cc1)c1cc(-c2ccc(OC(F)(F)F)cc2)cc(C(F)(F)F)c1. The molecular weight excluding hydrogens is 528 g/mol. The van der Waals surface area contributed by atoms with Crippen LogP contribution in [0.15, 0.2) is 66.7 Å². The Morgan fingerprint density at radius 2 is 1.36 bits per heavy atom. The third-order valence-corrected chi connectivity index (χ3v) is 5.74. The van der Waals surface area contributed by atoms with Crippen molar-refractivity contribution in [1.82, 2.24) is 0 Å². The number of benzene rings is 3. The molecular formula is C28H25F6NO4. The van der Waals surface area contributed by atoms with Gasteiger partial charge >= 0.3 is 24.4 Å². The normalized spacial score (nSPS) is 12.2. The van der Waals surface area contributed by atoms with Crippen molar-refractivity contribution < 1.29 is 45.4 Å². The molecule has 0 aliphatic carbocycles. The number of alkyl halides is 6. The van der Waals surface area contributed by atoms with Gasteiger partial charge in [0.25, 0.3) is 0 Å². The molecule has 0 saturated carbocycles. The molecule has 0 unspecified atom stereocenters. The molecule has 0 spiro atoms. The highest BCUT2D eigenvalue weighted by Crippen LogP contribution is 2.37. The van der Waals surface area contributed by atoms with Gasteiger partial charge in [-0.3, -0.25) is 9.69 Å². The van der Waals surface area contributed by atoms with Gasteiger partial charge in [0, 0.05) is 5.69 Å². The predicted molar refractivity (Wildman–Crippen MR) is 132 cm³/mol. The van der Waals surface area contributed by atoms with Crippen LogP contribution >= 0.6 is 0 Å². The summed E-state index contributed by atoms with van der Waals surface area (Å²) in [6, 6.07) is 14.0. The van der Waals surface area contributed by atoms with E-state index in [0.717, 1.165) is 54.0 Å². The second-order valence-electron chi connectivity index (χ2n) is 9.67. The molecule has 5 nitrogen and oxygen atoms in total. The summed E-state index contributed by atoms with van der Waals surface area (Å²) in [4.78, 5) is 25.9. The Morgan fingerprint density at radius 1 is 0.769 bits per heavy atom. The molecule has 3 aromatic rings. The highest BCUT2D eigenvalue weighted by molar-refractivity contribution is 6.38. The maximum atomic E-state index is 13.8. The zero-order valence-corrected chi connectivity index (χ0v) is 21.4. The van der Waals surface area contributed by atoms with Gasteiger partial charge in [-0.1, -0.05) is 57.2 Å². The maximum Gasteiger partial charge on any atom is 0.573 e. The first kappa shape index (κ1) is 29.5. The molecule has 0 aliphatic rings. The van der Waals surface area contributed by atoms with E-state index in [1.807, 2.05) is 32.9 Å². The highest BCUT2D eigenvalue weighted by Gasteiger charge is 2.34. The molecule has 0 aromatic heterocycles. The summed E-state index contributed by atoms with van der Waals surface area (Å²) in [5, 5.41) is 0. The van der Waals surface area contributed by atoms with Crippen LogP contribution in [0, 0.1) is 0 Å². The molecule has 0 bridgehead atoms. The van der Waals surface area contributed by atoms with Gasteiger partial charge in [0.1, 0.15) is 5.75 Å². The number of ether oxygens (including phenoxy) is 2. The van der Waals surface area contributed by atoms with Crippen molar-refractivity contribution in [2.75, 3.05) is 12.0 Å². The lowest BCUT2D eigenvalue weighted by Gasteiger charge is -2.25. The summed E-state index contributed by atoms with van der Waals surface area (Å²) >= 11 is 0. The standard InChI is InChI=1S/C28H25F6NO4/c1-26(2,3)20-9-5-17(6-10-20)16-35(24(36)25(37)38-4)22-14-19(13-21(15-22)27(29,30)31)18-7-11-23(12-8-18)39-28(32,33)34/h5-15H,16H2,1-4H3. The quantitative estimate of drug-likeness (QED) is 0.189. The topological polar surface area (TPSA) is 55.8 Å². The number of esters is 1. The molecule has 0 saturated heterocycles. The summed E-state index contributed by atoms with van der Waals surface area (Å²) in [6.07, 6.45) is -9.77. The van der Waals surface area contributed by atoms with Crippen LogP contribution in [0.5, 0.6) is 5.75 Å². The van der Waals surface area contributed by atoms with E-state index < -0.39 is 35.7 Å². The minimum Gasteiger partial charge on any atom is -0.462 e. The zero-order chi connectivity index (χ0) is 29.2. The van der Waals surface area contributed by atoms with Gasteiger partial charge in [-0.25, -0.2) is 4.79 Å². The van der Waals surface area contributed by atoms with Crippen LogP contribution in [-0.2, 0) is 32.5 Å². The molecule has 0 fully saturated rings. The Bertz CT molecular complexity index is 1320. The predicted octanol–water partition coefficient (Wildman–Crippen LogP) is 7.27. The fourth-order valence-corrected chi connectivity index (χ4v) is 3.72. The Balaban J connectivity index is 2.10. The number of nitrogens with zero attached hydrogens (tertiary/aromatic N) is 1. The molecule has 3 aromatic carbocycles. The maximum absolute atomic E-state index is 13.8. The Morgan fingerprint density at radius 3 is 1.85 bits per heavy atom. The van der Waals surface area contributed by atoms with Crippen LogP contribution in [0.4, 0.5) is 32.0 Å². The third kappa shape index (κ3) is 7.75. The molecule has 0 atom stereocenters. The molecule has 1 amide bonds. The minimum atomic E-state index is -4.94. The molecule has 0 aliphatic heterocycles. The summed E-state index contributed by atoms with van der Waals surface area (Å²) in [5.74, 6) is -3.04. The lowest BCUT2D eigenvalue weighted by molar-refractivity contribution is -0.274. The number of carbonyl (C=O) groups is 2. The second-order valence-corrected chi connectivity index (χ2v) is 9.67. The van der Waals surface area contributed by atoms with Crippen molar-refractivity contribution in [2.24, 2.45) is 0 Å². The number of hydrogen-bond acceptors (Lipinski definition) is 4. The average molecular weight is 553 g/mol. The third-order valence-electron chi connectivity index (χ3n) is 5.74. The van der Waals surface area contributed by atoms with Crippen molar-refractivity contribution in [3.63, 3.8) is 0 Å². The number of rotatable bonds is 5. The van der Waals surface area contributed by atoms with Crippen LogP contribution in [0.25, 0.3) is 11.1 Å². The summed E-state index contributed by atoms with van der Waals surface area (Å²) in [6.45, 7) is 5.75. The highest BCUT2D eigenvalue weighted by atomic mass is 19.4. The first-order chi connectivity index (χ1) is 18.0. The number of carbonyl (C=O) groups excluding carboxylic acids is 2. The Labute approximate surface area is 220 Å². The van der Waals surface area contributed by atoms with Crippen molar-refractivity contribution in [3.8, 4) is 16.9 Å². The van der Waals surface area contributed by atoms with Crippen molar-refractivity contribution in [3.05, 3.63) is 83.4 Å². The van der Waals surface area contributed by atoms with Crippen molar-refractivity contribution in [2.45, 2.75) is 45.3 Å². The van der Waals surface area contributed by atoms with Crippen LogP contribution < -0.4 is 9.64 Å². The molecule has 3 rings (SSSR count). The van der Waals surface area contributed by atoms with Gasteiger partial charge in [0.15, 0.2) is 0 Å². The van der Waals surface area contributed by atoms with Gasteiger partial charge in [-0.2, -0.15) is 13.2 Å². The average Bonchev–Trinajstić information content (AvgIpc) is 2.85. The summed E-state index contributed by atoms with van der Waals surface area (Å²) in [7, 11) is 0.971. The minimum absolute atomic E-state index is 0.0517. The van der Waals surface area contributed by atoms with Crippen molar-refractivity contribution in [1.29, 1.82) is 0 Å². The molecule has 208 valence electrons. The monoisotopic (exact) mass is 553 g/mol.